The van der Waals surface area contributed by atoms with Crippen LogP contribution < -0.4 is 5.73 Å². The Balaban J connectivity index is 0. The summed E-state index contributed by atoms with van der Waals surface area (Å²) in [5.74, 6) is 0.962. The van der Waals surface area contributed by atoms with Crippen LogP contribution in [0.5, 0.6) is 0 Å². The van der Waals surface area contributed by atoms with Crippen LogP contribution in [-0.4, -0.2) is 9.55 Å². The van der Waals surface area contributed by atoms with E-state index < -0.39 is 0 Å². The van der Waals surface area contributed by atoms with Crippen LogP contribution in [0.3, 0.4) is 0 Å². The summed E-state index contributed by atoms with van der Waals surface area (Å²) < 4.78 is 2.15. The highest BCUT2D eigenvalue weighted by Crippen LogP contribution is 2.14. The molecule has 1 aromatic heterocycles. The van der Waals surface area contributed by atoms with Crippen LogP contribution >= 0.6 is 0 Å². The first-order chi connectivity index (χ1) is 9.36. The fourth-order valence-electron chi connectivity index (χ4n) is 1.63. The van der Waals surface area contributed by atoms with Gasteiger partial charge >= 0.3 is 0 Å². The maximum absolute atomic E-state index is 5.61. The van der Waals surface area contributed by atoms with Crippen LogP contribution in [0, 0.1) is 0 Å². The Hall–Kier alpha value is -1.35. The lowest BCUT2D eigenvalue weighted by Gasteiger charge is -2.02. The van der Waals surface area contributed by atoms with Crippen molar-refractivity contribution < 1.29 is 0 Å². The molecule has 0 aliphatic rings. The molecule has 3 nitrogen and oxygen atoms in total. The summed E-state index contributed by atoms with van der Waals surface area (Å²) >= 11 is 0. The first kappa shape index (κ1) is 20.0. The molecule has 0 atom stereocenters. The minimum atomic E-state index is 0.503. The number of imidazole rings is 1. The molecule has 2 N–H and O–H groups in total. The third-order valence-corrected chi connectivity index (χ3v) is 2.23. The molecule has 19 heavy (non-hydrogen) atoms. The molecule has 1 heterocycles. The van der Waals surface area contributed by atoms with Crippen molar-refractivity contribution in [3.63, 3.8) is 0 Å². The van der Waals surface area contributed by atoms with Gasteiger partial charge in [-0.25, -0.2) is 4.98 Å². The summed E-state index contributed by atoms with van der Waals surface area (Å²) in [4.78, 5) is 4.44. The number of nitrogens with two attached hydrogens (primary N) is 1. The SMILES string of the molecule is CC.CC.CC.CCn1c(CN)nc2ccccc21. The number of hydrogen-bond donors (Lipinski definition) is 1. The number of aromatic nitrogens is 2. The van der Waals surface area contributed by atoms with Gasteiger partial charge in [0.2, 0.25) is 0 Å². The highest BCUT2D eigenvalue weighted by Gasteiger charge is 2.05. The standard InChI is InChI=1S/C10H13N3.3C2H6/c1-2-13-9-6-4-3-5-8(9)12-10(13)7-11;3*1-2/h3-6H,2,7,11H2,1H3;3*1-2H3. The molecule has 0 saturated heterocycles. The first-order valence-electron chi connectivity index (χ1n) is 7.51. The Morgan fingerprint density at radius 2 is 1.53 bits per heavy atom. The lowest BCUT2D eigenvalue weighted by molar-refractivity contribution is 0.718. The van der Waals surface area contributed by atoms with Gasteiger partial charge in [-0.2, -0.15) is 0 Å². The monoisotopic (exact) mass is 265 g/mol. The molecule has 0 amide bonds. The van der Waals surface area contributed by atoms with Crippen LogP contribution in [0.15, 0.2) is 24.3 Å². The first-order valence-corrected chi connectivity index (χ1v) is 7.51. The fourth-order valence-corrected chi connectivity index (χ4v) is 1.63. The van der Waals surface area contributed by atoms with E-state index in [1.807, 2.05) is 59.7 Å². The predicted molar refractivity (Wildman–Crippen MR) is 87.3 cm³/mol. The van der Waals surface area contributed by atoms with Crippen LogP contribution in [-0.2, 0) is 13.1 Å². The van der Waals surface area contributed by atoms with Crippen molar-refractivity contribution in [3.05, 3.63) is 30.1 Å². The Morgan fingerprint density at radius 1 is 1.00 bits per heavy atom. The minimum Gasteiger partial charge on any atom is -0.327 e. The van der Waals surface area contributed by atoms with Gasteiger partial charge in [0.25, 0.3) is 0 Å². The van der Waals surface area contributed by atoms with Crippen LogP contribution in [0.1, 0.15) is 54.3 Å². The van der Waals surface area contributed by atoms with Crippen molar-refractivity contribution in [2.45, 2.75) is 61.6 Å². The third kappa shape index (κ3) is 5.43. The predicted octanol–water partition coefficient (Wildman–Crippen LogP) is 4.59. The Morgan fingerprint density at radius 3 is 2.00 bits per heavy atom. The molecule has 3 heteroatoms. The van der Waals surface area contributed by atoms with Crippen molar-refractivity contribution in [1.82, 2.24) is 9.55 Å². The van der Waals surface area contributed by atoms with Gasteiger partial charge in [-0.1, -0.05) is 53.7 Å². The second-order valence-electron chi connectivity index (χ2n) is 2.97. The summed E-state index contributed by atoms with van der Waals surface area (Å²) in [5, 5.41) is 0. The summed E-state index contributed by atoms with van der Waals surface area (Å²) in [6, 6.07) is 8.11. The van der Waals surface area contributed by atoms with E-state index in [9.17, 15) is 0 Å². The Bertz CT molecular complexity index is 419. The molecule has 1 aromatic carbocycles. The fraction of sp³-hybridized carbons (Fsp3) is 0.562. The van der Waals surface area contributed by atoms with Gasteiger partial charge in [0.05, 0.1) is 17.6 Å². The molecule has 110 valence electrons. The lowest BCUT2D eigenvalue weighted by atomic mass is 10.3. The van der Waals surface area contributed by atoms with E-state index in [-0.39, 0.29) is 0 Å². The number of fused-ring (bicyclic) bond motifs is 1. The molecule has 0 radical (unpaired) electrons. The number of aryl methyl sites for hydroxylation is 1. The molecule has 0 unspecified atom stereocenters. The maximum atomic E-state index is 5.61. The molecule has 0 saturated carbocycles. The number of benzene rings is 1. The molecule has 0 fully saturated rings. The van der Waals surface area contributed by atoms with Crippen molar-refractivity contribution in [3.8, 4) is 0 Å². The highest BCUT2D eigenvalue weighted by atomic mass is 15.1. The normalized spacial score (nSPS) is 8.42. The zero-order valence-corrected chi connectivity index (χ0v) is 13.7. The zero-order chi connectivity index (χ0) is 15.3. The molecule has 0 aliphatic carbocycles. The van der Waals surface area contributed by atoms with Gasteiger partial charge in [-0.3, -0.25) is 0 Å². The van der Waals surface area contributed by atoms with E-state index in [1.165, 1.54) is 5.52 Å². The lowest BCUT2D eigenvalue weighted by Crippen LogP contribution is -2.06. The maximum Gasteiger partial charge on any atom is 0.123 e. The zero-order valence-electron chi connectivity index (χ0n) is 13.7. The van der Waals surface area contributed by atoms with Gasteiger partial charge < -0.3 is 10.3 Å². The average Bonchev–Trinajstić information content (AvgIpc) is 2.91. The van der Waals surface area contributed by atoms with E-state index in [0.29, 0.717) is 6.54 Å². The van der Waals surface area contributed by atoms with Crippen molar-refractivity contribution in [2.75, 3.05) is 0 Å². The van der Waals surface area contributed by atoms with Gasteiger partial charge in [0, 0.05) is 6.54 Å². The van der Waals surface area contributed by atoms with Crippen molar-refractivity contribution >= 4 is 11.0 Å². The molecule has 0 spiro atoms. The second kappa shape index (κ2) is 13.1. The number of nitrogens with zero attached hydrogens (tertiary/aromatic N) is 2. The molecule has 0 aliphatic heterocycles. The third-order valence-electron chi connectivity index (χ3n) is 2.23. The van der Waals surface area contributed by atoms with Crippen LogP contribution in [0.25, 0.3) is 11.0 Å². The molecule has 2 aromatic rings. The molecular weight excluding hydrogens is 234 g/mol. The molecule has 0 bridgehead atoms. The largest absolute Gasteiger partial charge is 0.327 e. The number of hydrogen-bond acceptors (Lipinski definition) is 2. The van der Waals surface area contributed by atoms with E-state index in [4.69, 9.17) is 5.73 Å². The second-order valence-corrected chi connectivity index (χ2v) is 2.97. The van der Waals surface area contributed by atoms with Crippen LogP contribution in [0.2, 0.25) is 0 Å². The van der Waals surface area contributed by atoms with Gasteiger partial charge in [0.1, 0.15) is 5.82 Å². The summed E-state index contributed by atoms with van der Waals surface area (Å²) in [6.45, 7) is 15.5. The summed E-state index contributed by atoms with van der Waals surface area (Å²) in [7, 11) is 0. The van der Waals surface area contributed by atoms with Crippen molar-refractivity contribution in [1.29, 1.82) is 0 Å². The number of para-hydroxylation sites is 2. The number of rotatable bonds is 2. The van der Waals surface area contributed by atoms with E-state index in [1.54, 1.807) is 0 Å². The molecule has 2 rings (SSSR count). The van der Waals surface area contributed by atoms with Gasteiger partial charge in [0.15, 0.2) is 0 Å². The topological polar surface area (TPSA) is 43.8 Å². The highest BCUT2D eigenvalue weighted by molar-refractivity contribution is 5.75. The van der Waals surface area contributed by atoms with E-state index in [2.05, 4.69) is 22.5 Å². The van der Waals surface area contributed by atoms with Gasteiger partial charge in [-0.05, 0) is 19.1 Å². The summed E-state index contributed by atoms with van der Waals surface area (Å²) in [6.07, 6.45) is 0. The summed E-state index contributed by atoms with van der Waals surface area (Å²) in [5.41, 5.74) is 7.81. The van der Waals surface area contributed by atoms with Crippen LogP contribution in [0.4, 0.5) is 0 Å². The Labute approximate surface area is 118 Å². The molecular formula is C16H31N3. The van der Waals surface area contributed by atoms with Gasteiger partial charge in [-0.15, -0.1) is 0 Å². The quantitative estimate of drug-likeness (QED) is 0.862. The Kier molecular flexibility index (Phi) is 13.8. The average molecular weight is 265 g/mol. The smallest absolute Gasteiger partial charge is 0.123 e. The van der Waals surface area contributed by atoms with E-state index >= 15 is 0 Å². The minimum absolute atomic E-state index is 0.503. The van der Waals surface area contributed by atoms with E-state index in [0.717, 1.165) is 17.9 Å². The van der Waals surface area contributed by atoms with Crippen molar-refractivity contribution in [2.24, 2.45) is 5.73 Å².